The molecule has 2 aromatic carbocycles. The molecule has 0 amide bonds. The minimum absolute atomic E-state index is 0.668. The van der Waals surface area contributed by atoms with Crippen LogP contribution in [0.15, 0.2) is 53.7 Å². The van der Waals surface area contributed by atoms with Crippen LogP contribution in [-0.2, 0) is 5.75 Å². The Morgan fingerprint density at radius 3 is 2.65 bits per heavy atom. The fraction of sp³-hybridized carbons (Fsp3) is 0.118. The molecule has 0 aliphatic carbocycles. The maximum atomic E-state index is 9.11. The lowest BCUT2D eigenvalue weighted by atomic mass is 10.1. The highest BCUT2D eigenvalue weighted by Crippen LogP contribution is 2.24. The van der Waals surface area contributed by atoms with E-state index >= 15 is 0 Å². The Kier molecular flexibility index (Phi) is 4.60. The van der Waals surface area contributed by atoms with E-state index in [2.05, 4.69) is 21.3 Å². The van der Waals surface area contributed by atoms with Gasteiger partial charge in [0, 0.05) is 11.3 Å². The minimum Gasteiger partial charge on any atom is -0.497 e. The summed E-state index contributed by atoms with van der Waals surface area (Å²) in [5, 5.41) is 18.1. The van der Waals surface area contributed by atoms with Crippen molar-refractivity contribution in [3.8, 4) is 23.2 Å². The van der Waals surface area contributed by atoms with Crippen LogP contribution >= 0.6 is 11.8 Å². The van der Waals surface area contributed by atoms with E-state index in [1.807, 2.05) is 48.5 Å². The lowest BCUT2D eigenvalue weighted by Crippen LogP contribution is -1.87. The number of benzene rings is 2. The van der Waals surface area contributed by atoms with Gasteiger partial charge in [0.15, 0.2) is 11.0 Å². The number of hydrogen-bond donors (Lipinski definition) is 1. The first-order chi connectivity index (χ1) is 11.3. The fourth-order valence-corrected chi connectivity index (χ4v) is 2.90. The zero-order chi connectivity index (χ0) is 16.1. The highest BCUT2D eigenvalue weighted by Gasteiger charge is 2.08. The number of aromatic amines is 1. The molecule has 1 N–H and O–H groups in total. The molecule has 0 fully saturated rings. The number of H-pyrrole nitrogens is 1. The maximum absolute atomic E-state index is 9.11. The lowest BCUT2D eigenvalue weighted by Gasteiger charge is -2.01. The molecule has 0 saturated carbocycles. The van der Waals surface area contributed by atoms with E-state index in [0.717, 1.165) is 22.0 Å². The van der Waals surface area contributed by atoms with E-state index in [0.29, 0.717) is 17.1 Å². The van der Waals surface area contributed by atoms with E-state index in [9.17, 15) is 0 Å². The summed E-state index contributed by atoms with van der Waals surface area (Å²) < 4.78 is 5.14. The van der Waals surface area contributed by atoms with E-state index < -0.39 is 0 Å². The zero-order valence-corrected chi connectivity index (χ0v) is 13.3. The van der Waals surface area contributed by atoms with Crippen molar-refractivity contribution in [2.75, 3.05) is 7.11 Å². The highest BCUT2D eigenvalue weighted by molar-refractivity contribution is 7.98. The second kappa shape index (κ2) is 6.99. The largest absolute Gasteiger partial charge is 0.497 e. The van der Waals surface area contributed by atoms with Gasteiger partial charge in [0.05, 0.1) is 18.7 Å². The third-order valence-electron chi connectivity index (χ3n) is 3.33. The van der Waals surface area contributed by atoms with Gasteiger partial charge in [-0.05, 0) is 35.9 Å². The average Bonchev–Trinajstić information content (AvgIpc) is 3.09. The fourth-order valence-electron chi connectivity index (χ4n) is 2.09. The molecular weight excluding hydrogens is 308 g/mol. The predicted octanol–water partition coefficient (Wildman–Crippen LogP) is 3.64. The van der Waals surface area contributed by atoms with Crippen molar-refractivity contribution < 1.29 is 4.74 Å². The number of rotatable bonds is 5. The Balaban J connectivity index is 1.71. The van der Waals surface area contributed by atoms with E-state index in [1.165, 1.54) is 11.8 Å². The smallest absolute Gasteiger partial charge is 0.189 e. The maximum Gasteiger partial charge on any atom is 0.189 e. The van der Waals surface area contributed by atoms with Crippen LogP contribution < -0.4 is 4.74 Å². The van der Waals surface area contributed by atoms with Gasteiger partial charge in [-0.25, -0.2) is 0 Å². The number of hydrogen-bond acceptors (Lipinski definition) is 5. The quantitative estimate of drug-likeness (QED) is 0.726. The Hall–Kier alpha value is -2.78. The van der Waals surface area contributed by atoms with Crippen molar-refractivity contribution >= 4 is 11.8 Å². The molecule has 1 heterocycles. The minimum atomic E-state index is 0.668. The van der Waals surface area contributed by atoms with Crippen LogP contribution in [0.2, 0.25) is 0 Å². The first-order valence-electron chi connectivity index (χ1n) is 6.98. The van der Waals surface area contributed by atoms with Gasteiger partial charge in [-0.3, -0.25) is 0 Å². The van der Waals surface area contributed by atoms with Crippen LogP contribution in [0.3, 0.4) is 0 Å². The molecule has 3 rings (SSSR count). The molecule has 6 heteroatoms. The number of nitrogens with one attached hydrogen (secondary N) is 1. The normalized spacial score (nSPS) is 10.3. The molecule has 0 spiro atoms. The Morgan fingerprint density at radius 2 is 1.91 bits per heavy atom. The number of aromatic nitrogens is 3. The molecule has 0 unspecified atom stereocenters. The molecule has 0 atom stereocenters. The number of nitrogens with zero attached hydrogens (tertiary/aromatic N) is 3. The Bertz CT molecular complexity index is 836. The first kappa shape index (κ1) is 15.1. The molecule has 0 bridgehead atoms. The summed E-state index contributed by atoms with van der Waals surface area (Å²) in [5.41, 5.74) is 2.62. The summed E-state index contributed by atoms with van der Waals surface area (Å²) in [6, 6.07) is 17.4. The van der Waals surface area contributed by atoms with Crippen LogP contribution in [0.1, 0.15) is 11.1 Å². The summed E-state index contributed by atoms with van der Waals surface area (Å²) in [7, 11) is 1.64. The molecule has 3 aromatic rings. The summed E-state index contributed by atoms with van der Waals surface area (Å²) in [6.07, 6.45) is 0. The van der Waals surface area contributed by atoms with E-state index in [-0.39, 0.29) is 0 Å². The summed E-state index contributed by atoms with van der Waals surface area (Å²) >= 11 is 1.52. The van der Waals surface area contributed by atoms with Crippen molar-refractivity contribution in [3.63, 3.8) is 0 Å². The molecule has 0 aliphatic heterocycles. The van der Waals surface area contributed by atoms with Crippen molar-refractivity contribution in [2.24, 2.45) is 0 Å². The number of ether oxygens (including phenoxy) is 1. The van der Waals surface area contributed by atoms with Crippen LogP contribution in [0.5, 0.6) is 5.75 Å². The van der Waals surface area contributed by atoms with E-state index in [1.54, 1.807) is 7.11 Å². The van der Waals surface area contributed by atoms with Crippen LogP contribution in [0, 0.1) is 11.3 Å². The second-order valence-corrected chi connectivity index (χ2v) is 5.73. The van der Waals surface area contributed by atoms with Gasteiger partial charge < -0.3 is 9.72 Å². The molecular formula is C17H14N4OS. The number of thioether (sulfide) groups is 1. The number of methoxy groups -OCH3 is 1. The highest BCUT2D eigenvalue weighted by atomic mass is 32.2. The van der Waals surface area contributed by atoms with Crippen molar-refractivity contribution in [3.05, 3.63) is 59.7 Å². The number of nitriles is 1. The van der Waals surface area contributed by atoms with Gasteiger partial charge in [-0.15, -0.1) is 10.2 Å². The monoisotopic (exact) mass is 322 g/mol. The molecule has 114 valence electrons. The van der Waals surface area contributed by atoms with Gasteiger partial charge in [-0.1, -0.05) is 30.0 Å². The van der Waals surface area contributed by atoms with Crippen LogP contribution in [-0.4, -0.2) is 22.3 Å². The molecule has 0 radical (unpaired) electrons. The van der Waals surface area contributed by atoms with Crippen molar-refractivity contribution in [2.45, 2.75) is 10.9 Å². The lowest BCUT2D eigenvalue weighted by molar-refractivity contribution is 0.415. The van der Waals surface area contributed by atoms with Crippen molar-refractivity contribution in [1.82, 2.24) is 15.2 Å². The standard InChI is InChI=1S/C17H14N4OS/c1-22-15-8-6-12(7-9-15)16-19-17(21-20-16)23-11-14-5-3-2-4-13(14)10-18/h2-9H,11H2,1H3,(H,19,20,21). The van der Waals surface area contributed by atoms with Gasteiger partial charge >= 0.3 is 0 Å². The molecule has 1 aromatic heterocycles. The van der Waals surface area contributed by atoms with Crippen LogP contribution in [0.25, 0.3) is 11.4 Å². The second-order valence-electron chi connectivity index (χ2n) is 4.76. The molecule has 5 nitrogen and oxygen atoms in total. The Morgan fingerprint density at radius 1 is 1.13 bits per heavy atom. The van der Waals surface area contributed by atoms with Gasteiger partial charge in [-0.2, -0.15) is 5.26 Å². The SMILES string of the molecule is COc1ccc(-c2nnc(SCc3ccccc3C#N)[nH]2)cc1. The van der Waals surface area contributed by atoms with Gasteiger partial charge in [0.2, 0.25) is 0 Å². The van der Waals surface area contributed by atoms with E-state index in [4.69, 9.17) is 10.00 Å². The third kappa shape index (κ3) is 3.52. The predicted molar refractivity (Wildman–Crippen MR) is 89.1 cm³/mol. The zero-order valence-electron chi connectivity index (χ0n) is 12.5. The van der Waals surface area contributed by atoms with Gasteiger partial charge in [0.25, 0.3) is 0 Å². The van der Waals surface area contributed by atoms with Gasteiger partial charge in [0.1, 0.15) is 5.75 Å². The van der Waals surface area contributed by atoms with Crippen molar-refractivity contribution in [1.29, 1.82) is 5.26 Å². The Labute approximate surface area is 138 Å². The molecule has 0 saturated heterocycles. The molecule has 23 heavy (non-hydrogen) atoms. The third-order valence-corrected chi connectivity index (χ3v) is 4.24. The van der Waals surface area contributed by atoms with Crippen LogP contribution in [0.4, 0.5) is 0 Å². The average molecular weight is 322 g/mol. The molecule has 0 aliphatic rings. The first-order valence-corrected chi connectivity index (χ1v) is 7.96. The summed E-state index contributed by atoms with van der Waals surface area (Å²) in [6.45, 7) is 0. The topological polar surface area (TPSA) is 74.6 Å². The summed E-state index contributed by atoms with van der Waals surface area (Å²) in [5.74, 6) is 2.18. The summed E-state index contributed by atoms with van der Waals surface area (Å²) in [4.78, 5) is 3.19.